The molecule has 1 aliphatic rings. The Morgan fingerprint density at radius 1 is 1.00 bits per heavy atom. The molecule has 0 aliphatic carbocycles. The molecule has 0 atom stereocenters. The van der Waals surface area contributed by atoms with E-state index in [2.05, 4.69) is 24.3 Å². The van der Waals surface area contributed by atoms with E-state index in [1.807, 2.05) is 34.9 Å². The molecule has 2 heterocycles. The van der Waals surface area contributed by atoms with Gasteiger partial charge in [-0.1, -0.05) is 18.2 Å². The first-order valence-corrected chi connectivity index (χ1v) is 7.01. The second-order valence-corrected chi connectivity index (χ2v) is 6.43. The topological polar surface area (TPSA) is 0 Å². The third-order valence-electron chi connectivity index (χ3n) is 2.08. The van der Waals surface area contributed by atoms with Gasteiger partial charge in [-0.05, 0) is 6.07 Å². The Kier molecular flexibility index (Phi) is 2.04. The molecule has 0 bridgehead atoms. The maximum atomic E-state index is 2.24. The molecule has 1 aromatic carbocycles. The summed E-state index contributed by atoms with van der Waals surface area (Å²) >= 11 is 5.97. The van der Waals surface area contributed by atoms with E-state index in [-0.39, 0.29) is 0 Å². The summed E-state index contributed by atoms with van der Waals surface area (Å²) in [5.41, 5.74) is 0. The van der Waals surface area contributed by atoms with Gasteiger partial charge in [0.15, 0.2) is 0 Å². The number of thiophene rings is 1. The molecule has 2 aromatic rings. The van der Waals surface area contributed by atoms with Gasteiger partial charge >= 0.3 is 0 Å². The average Bonchev–Trinajstić information content (AvgIpc) is 2.56. The van der Waals surface area contributed by atoms with Crippen LogP contribution in [0, 0.1) is 0 Å². The van der Waals surface area contributed by atoms with Crippen LogP contribution in [0.15, 0.2) is 33.4 Å². The van der Waals surface area contributed by atoms with Crippen LogP contribution in [0.5, 0.6) is 0 Å². The van der Waals surface area contributed by atoms with Gasteiger partial charge in [0.1, 0.15) is 0 Å². The normalized spacial score (nSPS) is 16.0. The van der Waals surface area contributed by atoms with E-state index < -0.39 is 0 Å². The molecule has 1 aliphatic heterocycles. The van der Waals surface area contributed by atoms with Crippen LogP contribution in [-0.4, -0.2) is 11.5 Å². The molecule has 0 N–H and O–H groups in total. The molecule has 0 saturated heterocycles. The van der Waals surface area contributed by atoms with E-state index in [0.717, 1.165) is 0 Å². The van der Waals surface area contributed by atoms with Gasteiger partial charge in [-0.25, -0.2) is 0 Å². The second kappa shape index (κ2) is 3.23. The first kappa shape index (κ1) is 8.21. The lowest BCUT2D eigenvalue weighted by Crippen LogP contribution is -1.89. The van der Waals surface area contributed by atoms with E-state index >= 15 is 0 Å². The summed E-state index contributed by atoms with van der Waals surface area (Å²) in [5, 5.41) is 1.46. The van der Waals surface area contributed by atoms with Gasteiger partial charge < -0.3 is 0 Å². The third-order valence-corrected chi connectivity index (χ3v) is 6.16. The van der Waals surface area contributed by atoms with Crippen LogP contribution >= 0.6 is 34.9 Å². The third kappa shape index (κ3) is 1.30. The zero-order valence-electron chi connectivity index (χ0n) is 6.95. The lowest BCUT2D eigenvalue weighted by molar-refractivity contribution is 1.37. The standard InChI is InChI=1S/C10H8S3/c1-2-4-8-7(3-1)9-10(13-8)12-6-5-11-9/h1-4H,5-6H2. The van der Waals surface area contributed by atoms with Crippen molar-refractivity contribution in [3.63, 3.8) is 0 Å². The highest BCUT2D eigenvalue weighted by atomic mass is 32.2. The first-order chi connectivity index (χ1) is 6.45. The lowest BCUT2D eigenvalue weighted by Gasteiger charge is -2.08. The van der Waals surface area contributed by atoms with Gasteiger partial charge in [0.25, 0.3) is 0 Å². The number of thioether (sulfide) groups is 2. The number of hydrogen-bond acceptors (Lipinski definition) is 3. The Morgan fingerprint density at radius 2 is 1.85 bits per heavy atom. The highest BCUT2D eigenvalue weighted by Crippen LogP contribution is 2.46. The molecule has 0 fully saturated rings. The van der Waals surface area contributed by atoms with E-state index in [1.54, 1.807) is 0 Å². The maximum absolute atomic E-state index is 2.24. The molecular formula is C10H8S3. The van der Waals surface area contributed by atoms with Crippen molar-refractivity contribution in [1.29, 1.82) is 0 Å². The van der Waals surface area contributed by atoms with E-state index in [0.29, 0.717) is 0 Å². The Morgan fingerprint density at radius 3 is 2.85 bits per heavy atom. The zero-order chi connectivity index (χ0) is 8.67. The summed E-state index contributed by atoms with van der Waals surface area (Å²) in [6.45, 7) is 0. The Balaban J connectivity index is 2.34. The lowest BCUT2D eigenvalue weighted by atomic mass is 10.3. The monoisotopic (exact) mass is 224 g/mol. The number of benzene rings is 1. The van der Waals surface area contributed by atoms with Crippen LogP contribution in [0.4, 0.5) is 0 Å². The Labute approximate surface area is 89.7 Å². The van der Waals surface area contributed by atoms with Crippen molar-refractivity contribution < 1.29 is 0 Å². The minimum atomic E-state index is 1.26. The van der Waals surface area contributed by atoms with Gasteiger partial charge in [-0.15, -0.1) is 34.9 Å². The average molecular weight is 224 g/mol. The van der Waals surface area contributed by atoms with E-state index in [4.69, 9.17) is 0 Å². The molecule has 13 heavy (non-hydrogen) atoms. The van der Waals surface area contributed by atoms with Crippen molar-refractivity contribution in [2.24, 2.45) is 0 Å². The molecule has 1 aromatic heterocycles. The van der Waals surface area contributed by atoms with Crippen molar-refractivity contribution in [3.8, 4) is 0 Å². The van der Waals surface area contributed by atoms with Crippen LogP contribution in [-0.2, 0) is 0 Å². The minimum absolute atomic E-state index is 1.26. The van der Waals surface area contributed by atoms with E-state index in [1.165, 1.54) is 30.7 Å². The number of rotatable bonds is 0. The van der Waals surface area contributed by atoms with Crippen LogP contribution < -0.4 is 0 Å². The highest BCUT2D eigenvalue weighted by molar-refractivity contribution is 8.07. The van der Waals surface area contributed by atoms with Crippen molar-refractivity contribution in [2.45, 2.75) is 9.10 Å². The molecular weight excluding hydrogens is 216 g/mol. The van der Waals surface area contributed by atoms with Gasteiger partial charge in [0.2, 0.25) is 0 Å². The van der Waals surface area contributed by atoms with Crippen LogP contribution in [0.3, 0.4) is 0 Å². The van der Waals surface area contributed by atoms with Crippen molar-refractivity contribution in [3.05, 3.63) is 24.3 Å². The van der Waals surface area contributed by atoms with Crippen LogP contribution in [0.25, 0.3) is 10.1 Å². The highest BCUT2D eigenvalue weighted by Gasteiger charge is 2.16. The fourth-order valence-corrected chi connectivity index (χ4v) is 5.56. The minimum Gasteiger partial charge on any atom is -0.128 e. The van der Waals surface area contributed by atoms with E-state index in [9.17, 15) is 0 Å². The molecule has 3 heteroatoms. The van der Waals surface area contributed by atoms with Crippen molar-refractivity contribution in [1.82, 2.24) is 0 Å². The largest absolute Gasteiger partial charge is 0.128 e. The summed E-state index contributed by atoms with van der Waals surface area (Å²) in [5.74, 6) is 2.53. The molecule has 0 radical (unpaired) electrons. The summed E-state index contributed by atoms with van der Waals surface area (Å²) in [6.07, 6.45) is 0. The van der Waals surface area contributed by atoms with Gasteiger partial charge in [0.05, 0.1) is 4.21 Å². The fraction of sp³-hybridized carbons (Fsp3) is 0.200. The van der Waals surface area contributed by atoms with Crippen LogP contribution in [0.2, 0.25) is 0 Å². The van der Waals surface area contributed by atoms with Gasteiger partial charge in [0, 0.05) is 26.5 Å². The molecule has 0 unspecified atom stereocenters. The van der Waals surface area contributed by atoms with Gasteiger partial charge in [-0.2, -0.15) is 0 Å². The zero-order valence-corrected chi connectivity index (χ0v) is 9.40. The number of fused-ring (bicyclic) bond motifs is 3. The Hall–Kier alpha value is -0.120. The number of hydrogen-bond donors (Lipinski definition) is 0. The summed E-state index contributed by atoms with van der Waals surface area (Å²) < 4.78 is 2.96. The molecule has 3 rings (SSSR count). The smallest absolute Gasteiger partial charge is 0.0747 e. The summed E-state index contributed by atoms with van der Waals surface area (Å²) in [7, 11) is 0. The van der Waals surface area contributed by atoms with Crippen LogP contribution in [0.1, 0.15) is 0 Å². The molecule has 0 saturated carbocycles. The molecule has 0 nitrogen and oxygen atoms in total. The maximum Gasteiger partial charge on any atom is 0.0747 e. The molecule has 0 amide bonds. The SMILES string of the molecule is c1ccc2c3c(sc2c1)SCCS3. The molecule has 66 valence electrons. The van der Waals surface area contributed by atoms with Crippen molar-refractivity contribution >= 4 is 44.9 Å². The quantitative estimate of drug-likeness (QED) is 0.661. The Bertz CT molecular complexity index is 444. The van der Waals surface area contributed by atoms with Gasteiger partial charge in [-0.3, -0.25) is 0 Å². The molecule has 0 spiro atoms. The predicted octanol–water partition coefficient (Wildman–Crippen LogP) is 4.10. The van der Waals surface area contributed by atoms with Crippen molar-refractivity contribution in [2.75, 3.05) is 11.5 Å². The first-order valence-electron chi connectivity index (χ1n) is 4.22. The summed E-state index contributed by atoms with van der Waals surface area (Å²) in [6, 6.07) is 8.72. The fourth-order valence-electron chi connectivity index (χ4n) is 1.51. The summed E-state index contributed by atoms with van der Waals surface area (Å²) in [4.78, 5) is 1.52. The second-order valence-electron chi connectivity index (χ2n) is 2.91. The predicted molar refractivity (Wildman–Crippen MR) is 63.3 cm³/mol.